The third-order valence-corrected chi connectivity index (χ3v) is 2.94. The largest absolute Gasteiger partial charge is 0.450 e. The minimum atomic E-state index is 0.897. The Balaban J connectivity index is 2.56. The fourth-order valence-corrected chi connectivity index (χ4v) is 2.19. The van der Waals surface area contributed by atoms with Crippen LogP contribution in [0, 0.1) is 0 Å². The molecule has 0 heterocycles. The van der Waals surface area contributed by atoms with E-state index in [9.17, 15) is 5.02 Å². The fraction of sp³-hybridized carbons (Fsp3) is 0. The van der Waals surface area contributed by atoms with Crippen molar-refractivity contribution in [1.82, 2.24) is 0 Å². The van der Waals surface area contributed by atoms with Crippen molar-refractivity contribution in [3.63, 3.8) is 0 Å². The Morgan fingerprint density at radius 3 is 1.75 bits per heavy atom. The van der Waals surface area contributed by atoms with Gasteiger partial charge in [0.2, 0.25) is 0 Å². The van der Waals surface area contributed by atoms with Crippen molar-refractivity contribution in [3.8, 4) is 0 Å². The molecule has 0 amide bonds. The molecule has 0 fully saturated rings. The van der Waals surface area contributed by atoms with Gasteiger partial charge in [0.15, 0.2) is 0 Å². The molecule has 0 aliphatic rings. The molecule has 3 aromatic carbocycles. The van der Waals surface area contributed by atoms with Crippen molar-refractivity contribution in [1.29, 1.82) is 0 Å². The summed E-state index contributed by atoms with van der Waals surface area (Å²) >= 11 is 0. The fourth-order valence-electron chi connectivity index (χ4n) is 2.19. The van der Waals surface area contributed by atoms with Crippen molar-refractivity contribution in [2.75, 3.05) is 0 Å². The third-order valence-electron chi connectivity index (χ3n) is 2.94. The molecule has 0 bridgehead atoms. The lowest BCUT2D eigenvalue weighted by atomic mass is 9.80. The van der Waals surface area contributed by atoms with E-state index in [1.54, 1.807) is 0 Å². The second-order valence-corrected chi connectivity index (χ2v) is 3.86. The predicted molar refractivity (Wildman–Crippen MR) is 69.1 cm³/mol. The Morgan fingerprint density at radius 1 is 0.750 bits per heavy atom. The second kappa shape index (κ2) is 3.65. The number of hydrogen-bond acceptors (Lipinski definition) is 1. The number of fused-ring (bicyclic) bond motifs is 2. The highest BCUT2D eigenvalue weighted by atomic mass is 16.2. The normalized spacial score (nSPS) is 10.8. The molecule has 16 heavy (non-hydrogen) atoms. The van der Waals surface area contributed by atoms with Crippen molar-refractivity contribution in [2.24, 2.45) is 0 Å². The maximum absolute atomic E-state index is 9.41. The number of hydrogen-bond donors (Lipinski definition) is 1. The van der Waals surface area contributed by atoms with E-state index < -0.39 is 0 Å². The van der Waals surface area contributed by atoms with Gasteiger partial charge in [-0.3, -0.25) is 0 Å². The average Bonchev–Trinajstić information content (AvgIpc) is 2.36. The summed E-state index contributed by atoms with van der Waals surface area (Å²) in [5, 5.41) is 13.9. The van der Waals surface area contributed by atoms with Crippen LogP contribution in [0.4, 0.5) is 0 Å². The zero-order valence-corrected chi connectivity index (χ0v) is 8.72. The minimum absolute atomic E-state index is 0.897. The molecule has 0 spiro atoms. The molecule has 0 aliphatic carbocycles. The van der Waals surface area contributed by atoms with Crippen LogP contribution in [0.15, 0.2) is 54.6 Å². The lowest BCUT2D eigenvalue weighted by molar-refractivity contribution is 0.616. The smallest absolute Gasteiger partial charge is 0.328 e. The van der Waals surface area contributed by atoms with Crippen LogP contribution in [0.25, 0.3) is 21.5 Å². The van der Waals surface area contributed by atoms with E-state index in [2.05, 4.69) is 18.2 Å². The Kier molecular flexibility index (Phi) is 2.15. The highest BCUT2D eigenvalue weighted by Gasteiger charge is 2.06. The van der Waals surface area contributed by atoms with Gasteiger partial charge in [-0.05, 0) is 33.1 Å². The maximum atomic E-state index is 9.41. The van der Waals surface area contributed by atoms with E-state index in [1.165, 1.54) is 7.48 Å². The molecule has 1 radical (unpaired) electrons. The molecule has 0 aromatic heterocycles. The molecular formula is C14H10BO. The lowest BCUT2D eigenvalue weighted by Gasteiger charge is -2.08. The molecule has 1 N–H and O–H groups in total. The molecule has 1 nitrogen and oxygen atoms in total. The molecule has 0 saturated carbocycles. The lowest BCUT2D eigenvalue weighted by Crippen LogP contribution is -2.15. The Morgan fingerprint density at radius 2 is 1.25 bits per heavy atom. The minimum Gasteiger partial charge on any atom is -0.450 e. The second-order valence-electron chi connectivity index (χ2n) is 3.86. The van der Waals surface area contributed by atoms with E-state index in [1.807, 2.05) is 36.4 Å². The zero-order valence-electron chi connectivity index (χ0n) is 8.72. The van der Waals surface area contributed by atoms with Gasteiger partial charge in [0.05, 0.1) is 0 Å². The van der Waals surface area contributed by atoms with Gasteiger partial charge < -0.3 is 5.02 Å². The molecular weight excluding hydrogens is 195 g/mol. The summed E-state index contributed by atoms with van der Waals surface area (Å²) in [6.07, 6.45) is 0. The van der Waals surface area contributed by atoms with E-state index in [0.717, 1.165) is 27.0 Å². The Bertz CT molecular complexity index is 607. The van der Waals surface area contributed by atoms with Gasteiger partial charge in [0.25, 0.3) is 0 Å². The molecule has 2 heteroatoms. The van der Waals surface area contributed by atoms with Crippen LogP contribution in [-0.2, 0) is 0 Å². The van der Waals surface area contributed by atoms with Crippen molar-refractivity contribution >= 4 is 34.5 Å². The van der Waals surface area contributed by atoms with Gasteiger partial charge in [0.1, 0.15) is 0 Å². The van der Waals surface area contributed by atoms with Crippen molar-refractivity contribution < 1.29 is 5.02 Å². The highest BCUT2D eigenvalue weighted by molar-refractivity contribution is 6.54. The van der Waals surface area contributed by atoms with Crippen LogP contribution in [0.3, 0.4) is 0 Å². The zero-order chi connectivity index (χ0) is 11.0. The van der Waals surface area contributed by atoms with Crippen LogP contribution in [0.5, 0.6) is 0 Å². The van der Waals surface area contributed by atoms with Gasteiger partial charge in [0, 0.05) is 0 Å². The van der Waals surface area contributed by atoms with Crippen LogP contribution >= 0.6 is 0 Å². The number of rotatable bonds is 1. The monoisotopic (exact) mass is 205 g/mol. The van der Waals surface area contributed by atoms with E-state index >= 15 is 0 Å². The van der Waals surface area contributed by atoms with Gasteiger partial charge in [-0.2, -0.15) is 0 Å². The van der Waals surface area contributed by atoms with Crippen LogP contribution in [0.2, 0.25) is 0 Å². The van der Waals surface area contributed by atoms with Crippen LogP contribution in [0.1, 0.15) is 0 Å². The van der Waals surface area contributed by atoms with Crippen molar-refractivity contribution in [2.45, 2.75) is 0 Å². The van der Waals surface area contributed by atoms with Gasteiger partial charge in [-0.25, -0.2) is 0 Å². The summed E-state index contributed by atoms with van der Waals surface area (Å²) in [6, 6.07) is 18.3. The first-order valence-electron chi connectivity index (χ1n) is 5.28. The van der Waals surface area contributed by atoms with Gasteiger partial charge in [-0.1, -0.05) is 48.5 Å². The first-order valence-corrected chi connectivity index (χ1v) is 5.28. The van der Waals surface area contributed by atoms with E-state index in [0.29, 0.717) is 0 Å². The SMILES string of the molecule is O[B]c1c2ccccc2cc2ccccc12. The topological polar surface area (TPSA) is 20.2 Å². The van der Waals surface area contributed by atoms with Crippen molar-refractivity contribution in [3.05, 3.63) is 54.6 Å². The van der Waals surface area contributed by atoms with Crippen LogP contribution < -0.4 is 5.46 Å². The Labute approximate surface area is 94.6 Å². The summed E-state index contributed by atoms with van der Waals surface area (Å²) in [7, 11) is 1.20. The molecule has 3 rings (SSSR count). The first-order chi connectivity index (χ1) is 7.90. The third kappa shape index (κ3) is 1.31. The maximum Gasteiger partial charge on any atom is 0.328 e. The van der Waals surface area contributed by atoms with Crippen LogP contribution in [-0.4, -0.2) is 12.5 Å². The first kappa shape index (κ1) is 9.43. The summed E-state index contributed by atoms with van der Waals surface area (Å²) < 4.78 is 0. The molecule has 0 atom stereocenters. The van der Waals surface area contributed by atoms with Gasteiger partial charge >= 0.3 is 7.48 Å². The number of benzene rings is 3. The summed E-state index contributed by atoms with van der Waals surface area (Å²) in [5.41, 5.74) is 0.897. The quantitative estimate of drug-likeness (QED) is 0.477. The molecule has 0 aliphatic heterocycles. The van der Waals surface area contributed by atoms with Gasteiger partial charge in [-0.15, -0.1) is 0 Å². The molecule has 0 unspecified atom stereocenters. The Hall–Kier alpha value is -1.80. The average molecular weight is 205 g/mol. The van der Waals surface area contributed by atoms with E-state index in [-0.39, 0.29) is 0 Å². The molecule has 3 aromatic rings. The highest BCUT2D eigenvalue weighted by Crippen LogP contribution is 2.20. The summed E-state index contributed by atoms with van der Waals surface area (Å²) in [6.45, 7) is 0. The standard InChI is InChI=1S/C14H10BO/c16-15-14-12-7-3-1-5-10(12)9-11-6-2-4-8-13(11)14/h1-9,16H. The predicted octanol–water partition coefficient (Wildman–Crippen LogP) is 2.23. The molecule has 0 saturated heterocycles. The molecule has 75 valence electrons. The summed E-state index contributed by atoms with van der Waals surface area (Å²) in [4.78, 5) is 0. The van der Waals surface area contributed by atoms with E-state index in [4.69, 9.17) is 0 Å². The summed E-state index contributed by atoms with van der Waals surface area (Å²) in [5.74, 6) is 0.